The van der Waals surface area contributed by atoms with E-state index in [1.54, 1.807) is 31.2 Å². The fraction of sp³-hybridized carbons (Fsp3) is 0.190. The van der Waals surface area contributed by atoms with Gasteiger partial charge in [-0.3, -0.25) is 4.79 Å². The van der Waals surface area contributed by atoms with Crippen molar-refractivity contribution in [1.82, 2.24) is 25.7 Å². The van der Waals surface area contributed by atoms with Gasteiger partial charge < -0.3 is 14.3 Å². The summed E-state index contributed by atoms with van der Waals surface area (Å²) in [5, 5.41) is 14.8. The smallest absolute Gasteiger partial charge is 0.251 e. The number of carbonyl (C=O) groups excluding carboxylic acids is 1. The van der Waals surface area contributed by atoms with Crippen molar-refractivity contribution in [2.24, 2.45) is 0 Å². The third-order valence-electron chi connectivity index (χ3n) is 4.28. The van der Waals surface area contributed by atoms with Crippen LogP contribution in [0, 0.1) is 13.8 Å². The highest BCUT2D eigenvalue weighted by atomic mass is 16.5. The first-order chi connectivity index (χ1) is 14.1. The Kier molecular flexibility index (Phi) is 5.15. The van der Waals surface area contributed by atoms with Crippen molar-refractivity contribution in [2.45, 2.75) is 20.3 Å². The van der Waals surface area contributed by atoms with Gasteiger partial charge in [0, 0.05) is 29.7 Å². The van der Waals surface area contributed by atoms with Crippen molar-refractivity contribution in [3.63, 3.8) is 0 Å². The standard InChI is InChI=1S/C21H19N5O3/c1-13-4-3-5-17(12-13)21-25-24-20(28-21)16-8-6-15(7-9-16)19(27)22-11-10-18-23-14(2)26-29-18/h3-9,12H,10-11H2,1-2H3,(H,22,27). The second-order valence-corrected chi connectivity index (χ2v) is 6.60. The number of hydrogen-bond acceptors (Lipinski definition) is 7. The molecule has 0 aliphatic carbocycles. The van der Waals surface area contributed by atoms with Gasteiger partial charge in [0.2, 0.25) is 17.7 Å². The Morgan fingerprint density at radius 2 is 1.76 bits per heavy atom. The highest BCUT2D eigenvalue weighted by Crippen LogP contribution is 2.24. The summed E-state index contributed by atoms with van der Waals surface area (Å²) in [7, 11) is 0. The molecule has 0 saturated carbocycles. The number of amides is 1. The first-order valence-corrected chi connectivity index (χ1v) is 9.17. The maximum atomic E-state index is 12.3. The van der Waals surface area contributed by atoms with E-state index in [0.717, 1.165) is 16.7 Å². The number of carbonyl (C=O) groups is 1. The molecule has 146 valence electrons. The fourth-order valence-electron chi connectivity index (χ4n) is 2.83. The molecule has 0 aliphatic heterocycles. The van der Waals surface area contributed by atoms with E-state index < -0.39 is 0 Å². The van der Waals surface area contributed by atoms with Crippen molar-refractivity contribution in [3.8, 4) is 22.9 Å². The molecule has 4 aromatic rings. The van der Waals surface area contributed by atoms with E-state index in [-0.39, 0.29) is 5.91 Å². The summed E-state index contributed by atoms with van der Waals surface area (Å²) in [5.41, 5.74) is 3.27. The summed E-state index contributed by atoms with van der Waals surface area (Å²) >= 11 is 0. The summed E-state index contributed by atoms with van der Waals surface area (Å²) in [6.07, 6.45) is 0.481. The minimum atomic E-state index is -0.182. The molecule has 8 heteroatoms. The average molecular weight is 389 g/mol. The zero-order chi connectivity index (χ0) is 20.2. The molecule has 0 spiro atoms. The average Bonchev–Trinajstić information content (AvgIpc) is 3.37. The largest absolute Gasteiger partial charge is 0.416 e. The van der Waals surface area contributed by atoms with Crippen LogP contribution in [-0.2, 0) is 6.42 Å². The SMILES string of the molecule is Cc1cccc(-c2nnc(-c3ccc(C(=O)NCCc4nc(C)no4)cc3)o2)c1. The molecular weight excluding hydrogens is 370 g/mol. The molecule has 0 unspecified atom stereocenters. The van der Waals surface area contributed by atoms with E-state index >= 15 is 0 Å². The molecule has 2 aromatic heterocycles. The van der Waals surface area contributed by atoms with Crippen LogP contribution in [-0.4, -0.2) is 32.8 Å². The predicted molar refractivity (Wildman–Crippen MR) is 105 cm³/mol. The van der Waals surface area contributed by atoms with Gasteiger partial charge in [-0.25, -0.2) is 0 Å². The number of rotatable bonds is 6. The maximum Gasteiger partial charge on any atom is 0.251 e. The van der Waals surface area contributed by atoms with Crippen molar-refractivity contribution in [3.05, 3.63) is 71.4 Å². The number of benzene rings is 2. The Hall–Kier alpha value is -3.81. The number of nitrogens with one attached hydrogen (secondary N) is 1. The third-order valence-corrected chi connectivity index (χ3v) is 4.28. The zero-order valence-corrected chi connectivity index (χ0v) is 16.0. The Balaban J connectivity index is 1.39. The van der Waals surface area contributed by atoms with E-state index in [4.69, 9.17) is 8.94 Å². The summed E-state index contributed by atoms with van der Waals surface area (Å²) in [6.45, 7) is 4.17. The molecule has 0 radical (unpaired) electrons. The van der Waals surface area contributed by atoms with Gasteiger partial charge in [-0.1, -0.05) is 22.9 Å². The van der Waals surface area contributed by atoms with Gasteiger partial charge >= 0.3 is 0 Å². The minimum absolute atomic E-state index is 0.182. The van der Waals surface area contributed by atoms with Crippen molar-refractivity contribution < 1.29 is 13.7 Å². The molecule has 0 fully saturated rings. The normalized spacial score (nSPS) is 10.8. The lowest BCUT2D eigenvalue weighted by atomic mass is 10.1. The van der Waals surface area contributed by atoms with Crippen LogP contribution in [0.1, 0.15) is 27.6 Å². The van der Waals surface area contributed by atoms with Crippen LogP contribution in [0.2, 0.25) is 0 Å². The molecule has 8 nitrogen and oxygen atoms in total. The van der Waals surface area contributed by atoms with Crippen molar-refractivity contribution in [2.75, 3.05) is 6.54 Å². The molecule has 0 atom stereocenters. The monoisotopic (exact) mass is 389 g/mol. The molecule has 1 amide bonds. The fourth-order valence-corrected chi connectivity index (χ4v) is 2.83. The summed E-state index contributed by atoms with van der Waals surface area (Å²) in [5.74, 6) is 1.76. The second-order valence-electron chi connectivity index (χ2n) is 6.60. The lowest BCUT2D eigenvalue weighted by molar-refractivity contribution is 0.0953. The predicted octanol–water partition coefficient (Wildman–Crippen LogP) is 3.38. The number of hydrogen-bond donors (Lipinski definition) is 1. The first kappa shape index (κ1) is 18.5. The molecule has 2 heterocycles. The van der Waals surface area contributed by atoms with Gasteiger partial charge in [0.15, 0.2) is 5.82 Å². The summed E-state index contributed by atoms with van der Waals surface area (Å²) in [4.78, 5) is 16.4. The van der Waals surface area contributed by atoms with E-state index in [2.05, 4.69) is 25.7 Å². The van der Waals surface area contributed by atoms with Gasteiger partial charge in [0.05, 0.1) is 0 Å². The lowest BCUT2D eigenvalue weighted by Crippen LogP contribution is -2.25. The van der Waals surface area contributed by atoms with Crippen LogP contribution in [0.15, 0.2) is 57.5 Å². The molecule has 0 aliphatic rings. The topological polar surface area (TPSA) is 107 Å². The second kappa shape index (κ2) is 8.05. The van der Waals surface area contributed by atoms with Crippen LogP contribution < -0.4 is 5.32 Å². The molecule has 2 aromatic carbocycles. The van der Waals surface area contributed by atoms with Crippen molar-refractivity contribution >= 4 is 5.91 Å². The van der Waals surface area contributed by atoms with Gasteiger partial charge in [-0.2, -0.15) is 4.98 Å². The molecule has 29 heavy (non-hydrogen) atoms. The van der Waals surface area contributed by atoms with Crippen molar-refractivity contribution in [1.29, 1.82) is 0 Å². The third kappa shape index (κ3) is 4.37. The summed E-state index contributed by atoms with van der Waals surface area (Å²) in [6, 6.07) is 14.9. The zero-order valence-electron chi connectivity index (χ0n) is 16.0. The molecule has 1 N–H and O–H groups in total. The van der Waals surface area contributed by atoms with Gasteiger partial charge in [-0.05, 0) is 50.2 Å². The van der Waals surface area contributed by atoms with E-state index in [9.17, 15) is 4.79 Å². The molecular formula is C21H19N5O3. The quantitative estimate of drug-likeness (QED) is 0.539. The van der Waals surface area contributed by atoms with Crippen LogP contribution in [0.4, 0.5) is 0 Å². The van der Waals surface area contributed by atoms with Crippen LogP contribution in [0.3, 0.4) is 0 Å². The van der Waals surface area contributed by atoms with E-state index in [1.165, 1.54) is 0 Å². The van der Waals surface area contributed by atoms with Crippen LogP contribution in [0.25, 0.3) is 22.9 Å². The Morgan fingerprint density at radius 3 is 2.45 bits per heavy atom. The Morgan fingerprint density at radius 1 is 1.00 bits per heavy atom. The molecule has 0 bridgehead atoms. The highest BCUT2D eigenvalue weighted by molar-refractivity contribution is 5.94. The number of nitrogens with zero attached hydrogens (tertiary/aromatic N) is 4. The Bertz CT molecular complexity index is 1130. The maximum absolute atomic E-state index is 12.3. The minimum Gasteiger partial charge on any atom is -0.416 e. The van der Waals surface area contributed by atoms with Gasteiger partial charge in [-0.15, -0.1) is 10.2 Å². The molecule has 4 rings (SSSR count). The molecule has 0 saturated heterocycles. The van der Waals surface area contributed by atoms with E-state index in [0.29, 0.717) is 42.0 Å². The van der Waals surface area contributed by atoms with E-state index in [1.807, 2.05) is 31.2 Å². The Labute approximate surface area is 167 Å². The highest BCUT2D eigenvalue weighted by Gasteiger charge is 2.12. The first-order valence-electron chi connectivity index (χ1n) is 9.17. The lowest BCUT2D eigenvalue weighted by Gasteiger charge is -2.04. The van der Waals surface area contributed by atoms with Gasteiger partial charge in [0.25, 0.3) is 5.91 Å². The number of aryl methyl sites for hydroxylation is 2. The van der Waals surface area contributed by atoms with Crippen LogP contribution in [0.5, 0.6) is 0 Å². The number of aromatic nitrogens is 4. The van der Waals surface area contributed by atoms with Crippen LogP contribution >= 0.6 is 0 Å². The van der Waals surface area contributed by atoms with Gasteiger partial charge in [0.1, 0.15) is 0 Å². The summed E-state index contributed by atoms with van der Waals surface area (Å²) < 4.78 is 10.8.